The molecule has 1 amide bonds. The Morgan fingerprint density at radius 1 is 1.08 bits per heavy atom. The number of halogens is 1. The van der Waals surface area contributed by atoms with Gasteiger partial charge in [0.1, 0.15) is 5.75 Å². The zero-order valence-corrected chi connectivity index (χ0v) is 15.4. The number of benzene rings is 2. The van der Waals surface area contributed by atoms with Crippen molar-refractivity contribution in [3.63, 3.8) is 0 Å². The maximum atomic E-state index is 12.0. The van der Waals surface area contributed by atoms with Gasteiger partial charge in [-0.2, -0.15) is 0 Å². The van der Waals surface area contributed by atoms with Gasteiger partial charge in [-0.05, 0) is 47.7 Å². The highest BCUT2D eigenvalue weighted by molar-refractivity contribution is 6.30. The summed E-state index contributed by atoms with van der Waals surface area (Å²) in [6.45, 7) is 8.49. The van der Waals surface area contributed by atoms with Crippen LogP contribution in [0.15, 0.2) is 48.5 Å². The van der Waals surface area contributed by atoms with Crippen LogP contribution in [0.3, 0.4) is 0 Å². The fourth-order valence-electron chi connectivity index (χ4n) is 2.32. The first-order valence-corrected chi connectivity index (χ1v) is 8.41. The molecule has 2 aromatic carbocycles. The summed E-state index contributed by atoms with van der Waals surface area (Å²) in [6, 6.07) is 15.2. The first-order valence-electron chi connectivity index (χ1n) is 8.04. The van der Waals surface area contributed by atoms with Gasteiger partial charge < -0.3 is 10.1 Å². The number of rotatable bonds is 5. The van der Waals surface area contributed by atoms with Crippen molar-refractivity contribution in [2.24, 2.45) is 0 Å². The van der Waals surface area contributed by atoms with E-state index in [1.54, 1.807) is 24.3 Å². The van der Waals surface area contributed by atoms with Crippen LogP contribution in [0.5, 0.6) is 5.75 Å². The summed E-state index contributed by atoms with van der Waals surface area (Å²) in [5.41, 5.74) is 2.47. The Morgan fingerprint density at radius 3 is 2.21 bits per heavy atom. The summed E-state index contributed by atoms with van der Waals surface area (Å²) in [5.74, 6) is 0.467. The lowest BCUT2D eigenvalue weighted by molar-refractivity contribution is -0.123. The van der Waals surface area contributed by atoms with E-state index in [1.807, 2.05) is 6.92 Å². The lowest BCUT2D eigenvalue weighted by Gasteiger charge is -2.20. The Labute approximate surface area is 149 Å². The molecule has 0 fully saturated rings. The van der Waals surface area contributed by atoms with Crippen molar-refractivity contribution < 1.29 is 9.53 Å². The predicted octanol–water partition coefficient (Wildman–Crippen LogP) is 4.89. The molecule has 4 heteroatoms. The standard InChI is InChI=1S/C20H24ClNO2/c1-14(15-5-7-16(8-6-15)20(2,3)4)22-19(23)13-24-18-11-9-17(21)10-12-18/h5-12,14H,13H2,1-4H3,(H,22,23). The van der Waals surface area contributed by atoms with Gasteiger partial charge in [0.2, 0.25) is 0 Å². The molecule has 1 unspecified atom stereocenters. The third-order valence-corrected chi connectivity index (χ3v) is 4.09. The van der Waals surface area contributed by atoms with Crippen molar-refractivity contribution in [1.29, 1.82) is 0 Å². The van der Waals surface area contributed by atoms with Crippen LogP contribution in [0, 0.1) is 0 Å². The fraction of sp³-hybridized carbons (Fsp3) is 0.350. The zero-order chi connectivity index (χ0) is 17.7. The largest absolute Gasteiger partial charge is 0.484 e. The van der Waals surface area contributed by atoms with E-state index in [4.69, 9.17) is 16.3 Å². The van der Waals surface area contributed by atoms with Gasteiger partial charge in [0.05, 0.1) is 6.04 Å². The maximum Gasteiger partial charge on any atom is 0.258 e. The van der Waals surface area contributed by atoms with E-state index in [9.17, 15) is 4.79 Å². The van der Waals surface area contributed by atoms with E-state index >= 15 is 0 Å². The first kappa shape index (κ1) is 18.3. The Bertz CT molecular complexity index is 672. The van der Waals surface area contributed by atoms with Crippen LogP contribution >= 0.6 is 11.6 Å². The smallest absolute Gasteiger partial charge is 0.258 e. The molecule has 0 aliphatic heterocycles. The summed E-state index contributed by atoms with van der Waals surface area (Å²) in [6.07, 6.45) is 0. The second-order valence-corrected chi connectivity index (χ2v) is 7.34. The highest BCUT2D eigenvalue weighted by atomic mass is 35.5. The molecule has 2 aromatic rings. The second-order valence-electron chi connectivity index (χ2n) is 6.90. The minimum Gasteiger partial charge on any atom is -0.484 e. The molecule has 0 aromatic heterocycles. The van der Waals surface area contributed by atoms with Gasteiger partial charge in [0, 0.05) is 5.02 Å². The Morgan fingerprint density at radius 2 is 1.67 bits per heavy atom. The molecule has 128 valence electrons. The van der Waals surface area contributed by atoms with Gasteiger partial charge in [-0.3, -0.25) is 4.79 Å². The Kier molecular flexibility index (Phi) is 5.89. The number of carbonyl (C=O) groups excluding carboxylic acids is 1. The van der Waals surface area contributed by atoms with Gasteiger partial charge >= 0.3 is 0 Å². The summed E-state index contributed by atoms with van der Waals surface area (Å²) >= 11 is 5.82. The molecule has 3 nitrogen and oxygen atoms in total. The van der Waals surface area contributed by atoms with Crippen LogP contribution in [0.1, 0.15) is 44.9 Å². The molecule has 1 atom stereocenters. The van der Waals surface area contributed by atoms with Crippen LogP contribution in [0.2, 0.25) is 5.02 Å². The van der Waals surface area contributed by atoms with Crippen molar-refractivity contribution in [2.75, 3.05) is 6.61 Å². The molecule has 0 radical (unpaired) electrons. The van der Waals surface area contributed by atoms with Gasteiger partial charge in [0.15, 0.2) is 6.61 Å². The summed E-state index contributed by atoms with van der Waals surface area (Å²) in [4.78, 5) is 12.0. The molecule has 24 heavy (non-hydrogen) atoms. The number of carbonyl (C=O) groups is 1. The van der Waals surface area contributed by atoms with Gasteiger partial charge in [0.25, 0.3) is 5.91 Å². The normalized spacial score (nSPS) is 12.5. The van der Waals surface area contributed by atoms with Crippen LogP contribution < -0.4 is 10.1 Å². The molecule has 2 rings (SSSR count). The average Bonchev–Trinajstić information content (AvgIpc) is 2.53. The SMILES string of the molecule is CC(NC(=O)COc1ccc(Cl)cc1)c1ccc(C(C)(C)C)cc1. The summed E-state index contributed by atoms with van der Waals surface area (Å²) in [7, 11) is 0. The van der Waals surface area contributed by atoms with E-state index in [-0.39, 0.29) is 24.0 Å². The summed E-state index contributed by atoms with van der Waals surface area (Å²) in [5, 5.41) is 3.58. The van der Waals surface area contributed by atoms with Crippen LogP contribution in [-0.4, -0.2) is 12.5 Å². The maximum absolute atomic E-state index is 12.0. The molecule has 0 aliphatic rings. The fourth-order valence-corrected chi connectivity index (χ4v) is 2.44. The molecule has 0 saturated heterocycles. The molecule has 0 spiro atoms. The van der Waals surface area contributed by atoms with E-state index in [0.717, 1.165) is 5.56 Å². The third kappa shape index (κ3) is 5.27. The van der Waals surface area contributed by atoms with Gasteiger partial charge in [-0.15, -0.1) is 0 Å². The van der Waals surface area contributed by atoms with Crippen molar-refractivity contribution in [2.45, 2.75) is 39.2 Å². The molecule has 0 heterocycles. The minimum absolute atomic E-state index is 0.0218. The number of amides is 1. The van der Waals surface area contributed by atoms with Crippen LogP contribution in [0.4, 0.5) is 0 Å². The summed E-state index contributed by atoms with van der Waals surface area (Å²) < 4.78 is 5.45. The quantitative estimate of drug-likeness (QED) is 0.837. The monoisotopic (exact) mass is 345 g/mol. The lowest BCUT2D eigenvalue weighted by Crippen LogP contribution is -2.31. The number of hydrogen-bond donors (Lipinski definition) is 1. The van der Waals surface area contributed by atoms with Gasteiger partial charge in [-0.1, -0.05) is 56.6 Å². The number of hydrogen-bond acceptors (Lipinski definition) is 2. The van der Waals surface area contributed by atoms with E-state index < -0.39 is 0 Å². The highest BCUT2D eigenvalue weighted by Crippen LogP contribution is 2.24. The molecule has 0 bridgehead atoms. The molecule has 0 saturated carbocycles. The van der Waals surface area contributed by atoms with E-state index in [2.05, 4.69) is 50.4 Å². The number of ether oxygens (including phenoxy) is 1. The topological polar surface area (TPSA) is 38.3 Å². The molecular weight excluding hydrogens is 322 g/mol. The lowest BCUT2D eigenvalue weighted by atomic mass is 9.86. The van der Waals surface area contributed by atoms with E-state index in [1.165, 1.54) is 5.56 Å². The average molecular weight is 346 g/mol. The van der Waals surface area contributed by atoms with Crippen molar-refractivity contribution in [3.8, 4) is 5.75 Å². The Balaban J connectivity index is 1.88. The van der Waals surface area contributed by atoms with Crippen molar-refractivity contribution in [1.82, 2.24) is 5.32 Å². The van der Waals surface area contributed by atoms with Crippen LogP contribution in [-0.2, 0) is 10.2 Å². The van der Waals surface area contributed by atoms with Crippen LogP contribution in [0.25, 0.3) is 0 Å². The van der Waals surface area contributed by atoms with E-state index in [0.29, 0.717) is 10.8 Å². The first-order chi connectivity index (χ1) is 11.3. The molecule has 1 N–H and O–H groups in total. The Hall–Kier alpha value is -2.00. The molecular formula is C20H24ClNO2. The number of nitrogens with one attached hydrogen (secondary N) is 1. The third-order valence-electron chi connectivity index (χ3n) is 3.84. The highest BCUT2D eigenvalue weighted by Gasteiger charge is 2.15. The van der Waals surface area contributed by atoms with Gasteiger partial charge in [-0.25, -0.2) is 0 Å². The van der Waals surface area contributed by atoms with Crippen molar-refractivity contribution in [3.05, 3.63) is 64.7 Å². The van der Waals surface area contributed by atoms with Crippen molar-refractivity contribution >= 4 is 17.5 Å². The second kappa shape index (κ2) is 7.71. The predicted molar refractivity (Wildman–Crippen MR) is 98.6 cm³/mol. The molecule has 0 aliphatic carbocycles. The minimum atomic E-state index is -0.155. The zero-order valence-electron chi connectivity index (χ0n) is 14.6.